The lowest BCUT2D eigenvalue weighted by atomic mass is 10.3. The molecule has 134 valence electrons. The van der Waals surface area contributed by atoms with E-state index in [0.717, 1.165) is 5.56 Å². The molecule has 0 aliphatic heterocycles. The Morgan fingerprint density at radius 2 is 2.15 bits per heavy atom. The fourth-order valence-corrected chi connectivity index (χ4v) is 3.00. The predicted molar refractivity (Wildman–Crippen MR) is 98.2 cm³/mol. The summed E-state index contributed by atoms with van der Waals surface area (Å²) in [5.74, 6) is -0.0957. The largest absolute Gasteiger partial charge is 0.462 e. The normalized spacial score (nSPS) is 10.8. The van der Waals surface area contributed by atoms with Crippen LogP contribution in [-0.2, 0) is 10.5 Å². The summed E-state index contributed by atoms with van der Waals surface area (Å²) in [4.78, 5) is 36.6. The van der Waals surface area contributed by atoms with E-state index < -0.39 is 5.97 Å². The minimum Gasteiger partial charge on any atom is -0.462 e. The molecule has 3 aromatic rings. The van der Waals surface area contributed by atoms with Gasteiger partial charge in [0.15, 0.2) is 5.16 Å². The second-order valence-corrected chi connectivity index (χ2v) is 6.42. The molecule has 0 aromatic carbocycles. The van der Waals surface area contributed by atoms with E-state index in [9.17, 15) is 9.59 Å². The first-order valence-electron chi connectivity index (χ1n) is 7.89. The summed E-state index contributed by atoms with van der Waals surface area (Å²) >= 11 is 1.28. The molecule has 0 aliphatic rings. The molecule has 3 rings (SSSR count). The third kappa shape index (κ3) is 3.83. The molecule has 9 heteroatoms. The highest BCUT2D eigenvalue weighted by Crippen LogP contribution is 2.20. The van der Waals surface area contributed by atoms with Crippen molar-refractivity contribution in [3.8, 4) is 0 Å². The standard InChI is InChI=1S/C17H17N5O3S/c1-3-25-16(24)12-7-19-17(21-15(12)18)26-9-11-6-14(23)22-8-10(2)4-5-13(22)20-11/h4-8H,3,9H2,1-2H3,(H2,18,19,21). The van der Waals surface area contributed by atoms with Crippen molar-refractivity contribution in [1.82, 2.24) is 19.4 Å². The number of carbonyl (C=O) groups excluding carboxylic acids is 1. The van der Waals surface area contributed by atoms with Gasteiger partial charge in [-0.25, -0.2) is 19.7 Å². The zero-order valence-electron chi connectivity index (χ0n) is 14.3. The Kier molecular flexibility index (Phi) is 5.17. The quantitative estimate of drug-likeness (QED) is 0.411. The molecular weight excluding hydrogens is 354 g/mol. The van der Waals surface area contributed by atoms with Crippen LogP contribution in [-0.4, -0.2) is 31.9 Å². The number of hydrogen-bond acceptors (Lipinski definition) is 8. The van der Waals surface area contributed by atoms with Crippen LogP contribution < -0.4 is 11.3 Å². The number of aryl methyl sites for hydroxylation is 1. The van der Waals surface area contributed by atoms with Gasteiger partial charge in [-0.2, -0.15) is 0 Å². The van der Waals surface area contributed by atoms with Crippen molar-refractivity contribution in [3.05, 3.63) is 57.8 Å². The van der Waals surface area contributed by atoms with Crippen molar-refractivity contribution in [3.63, 3.8) is 0 Å². The maximum atomic E-state index is 12.2. The van der Waals surface area contributed by atoms with Gasteiger partial charge in [0.1, 0.15) is 17.0 Å². The van der Waals surface area contributed by atoms with Crippen molar-refractivity contribution in [2.45, 2.75) is 24.8 Å². The number of nitrogens with two attached hydrogens (primary N) is 1. The number of nitrogens with zero attached hydrogens (tertiary/aromatic N) is 4. The van der Waals surface area contributed by atoms with Gasteiger partial charge in [0.25, 0.3) is 5.56 Å². The number of hydrogen-bond donors (Lipinski definition) is 1. The number of fused-ring (bicyclic) bond motifs is 1. The smallest absolute Gasteiger partial charge is 0.343 e. The highest BCUT2D eigenvalue weighted by molar-refractivity contribution is 7.98. The summed E-state index contributed by atoms with van der Waals surface area (Å²) < 4.78 is 6.39. The number of carbonyl (C=O) groups is 1. The van der Waals surface area contributed by atoms with Crippen molar-refractivity contribution in [2.24, 2.45) is 0 Å². The zero-order chi connectivity index (χ0) is 18.7. The summed E-state index contributed by atoms with van der Waals surface area (Å²) in [5, 5.41) is 0.390. The second-order valence-electron chi connectivity index (χ2n) is 5.48. The first-order chi connectivity index (χ1) is 12.5. The number of nitrogen functional groups attached to an aromatic ring is 1. The maximum absolute atomic E-state index is 12.2. The van der Waals surface area contributed by atoms with Crippen LogP contribution in [0.3, 0.4) is 0 Å². The SMILES string of the molecule is CCOC(=O)c1cnc(SCc2cc(=O)n3cc(C)ccc3n2)nc1N. The number of thioether (sulfide) groups is 1. The van der Waals surface area contributed by atoms with Crippen molar-refractivity contribution in [2.75, 3.05) is 12.3 Å². The lowest BCUT2D eigenvalue weighted by Crippen LogP contribution is -2.15. The summed E-state index contributed by atoms with van der Waals surface area (Å²) in [6, 6.07) is 5.18. The Hall–Kier alpha value is -2.94. The molecule has 0 amide bonds. The average molecular weight is 371 g/mol. The third-order valence-corrected chi connectivity index (χ3v) is 4.40. The van der Waals surface area contributed by atoms with Crippen LogP contribution in [0.25, 0.3) is 5.65 Å². The first kappa shape index (κ1) is 17.9. The van der Waals surface area contributed by atoms with Crippen LogP contribution in [0, 0.1) is 6.92 Å². The van der Waals surface area contributed by atoms with Gasteiger partial charge in [-0.15, -0.1) is 0 Å². The Morgan fingerprint density at radius 1 is 1.35 bits per heavy atom. The number of anilines is 1. The number of esters is 1. The molecule has 0 atom stereocenters. The van der Waals surface area contributed by atoms with Gasteiger partial charge in [0, 0.05) is 24.2 Å². The molecule has 0 unspecified atom stereocenters. The zero-order valence-corrected chi connectivity index (χ0v) is 15.1. The van der Waals surface area contributed by atoms with Crippen molar-refractivity contribution < 1.29 is 9.53 Å². The molecule has 2 N–H and O–H groups in total. The van der Waals surface area contributed by atoms with Gasteiger partial charge in [-0.1, -0.05) is 17.8 Å². The van der Waals surface area contributed by atoms with E-state index in [-0.39, 0.29) is 23.5 Å². The van der Waals surface area contributed by atoms with Gasteiger partial charge in [-0.3, -0.25) is 9.20 Å². The van der Waals surface area contributed by atoms with Crippen LogP contribution >= 0.6 is 11.8 Å². The Balaban J connectivity index is 1.78. The van der Waals surface area contributed by atoms with E-state index in [2.05, 4.69) is 15.0 Å². The number of ether oxygens (including phenoxy) is 1. The highest BCUT2D eigenvalue weighted by Gasteiger charge is 2.14. The fraction of sp³-hybridized carbons (Fsp3) is 0.235. The van der Waals surface area contributed by atoms with Crippen LogP contribution in [0.15, 0.2) is 40.5 Å². The summed E-state index contributed by atoms with van der Waals surface area (Å²) in [6.45, 7) is 3.87. The van der Waals surface area contributed by atoms with Crippen LogP contribution in [0.4, 0.5) is 5.82 Å². The fourth-order valence-electron chi connectivity index (χ4n) is 2.28. The monoisotopic (exact) mass is 371 g/mol. The van der Waals surface area contributed by atoms with Gasteiger partial charge in [0.05, 0.1) is 12.3 Å². The highest BCUT2D eigenvalue weighted by atomic mass is 32.2. The molecule has 0 radical (unpaired) electrons. The van der Waals surface area contributed by atoms with E-state index in [0.29, 0.717) is 22.3 Å². The van der Waals surface area contributed by atoms with Crippen LogP contribution in [0.5, 0.6) is 0 Å². The molecule has 0 saturated carbocycles. The van der Waals surface area contributed by atoms with Gasteiger partial charge >= 0.3 is 5.97 Å². The molecule has 0 saturated heterocycles. The maximum Gasteiger partial charge on any atom is 0.343 e. The van der Waals surface area contributed by atoms with E-state index in [4.69, 9.17) is 10.5 Å². The predicted octanol–water partition coefficient (Wildman–Crippen LogP) is 1.84. The second kappa shape index (κ2) is 7.52. The minimum atomic E-state index is -0.555. The lowest BCUT2D eigenvalue weighted by molar-refractivity contribution is 0.0526. The molecule has 8 nitrogen and oxygen atoms in total. The average Bonchev–Trinajstić information content (AvgIpc) is 2.61. The van der Waals surface area contributed by atoms with E-state index in [1.807, 2.05) is 13.0 Å². The van der Waals surface area contributed by atoms with Crippen LogP contribution in [0.1, 0.15) is 28.5 Å². The summed E-state index contributed by atoms with van der Waals surface area (Å²) in [5.41, 5.74) is 7.96. The third-order valence-electron chi connectivity index (χ3n) is 3.50. The lowest BCUT2D eigenvalue weighted by Gasteiger charge is -2.07. The van der Waals surface area contributed by atoms with E-state index >= 15 is 0 Å². The van der Waals surface area contributed by atoms with Crippen LogP contribution in [0.2, 0.25) is 0 Å². The Morgan fingerprint density at radius 3 is 2.88 bits per heavy atom. The molecule has 0 aliphatic carbocycles. The minimum absolute atomic E-state index is 0.0583. The number of aromatic nitrogens is 4. The van der Waals surface area contributed by atoms with Gasteiger partial charge < -0.3 is 10.5 Å². The molecule has 3 heterocycles. The van der Waals surface area contributed by atoms with Crippen molar-refractivity contribution in [1.29, 1.82) is 0 Å². The topological polar surface area (TPSA) is 112 Å². The number of rotatable bonds is 5. The van der Waals surface area contributed by atoms with E-state index in [1.165, 1.54) is 28.4 Å². The van der Waals surface area contributed by atoms with Gasteiger partial charge in [-0.05, 0) is 25.5 Å². The summed E-state index contributed by atoms with van der Waals surface area (Å²) in [7, 11) is 0. The molecule has 0 fully saturated rings. The first-order valence-corrected chi connectivity index (χ1v) is 8.88. The van der Waals surface area contributed by atoms with E-state index in [1.54, 1.807) is 19.2 Å². The molecule has 26 heavy (non-hydrogen) atoms. The number of pyridine rings is 1. The molecular formula is C17H17N5O3S. The van der Waals surface area contributed by atoms with Crippen molar-refractivity contribution >= 4 is 29.2 Å². The Labute approximate surface area is 153 Å². The molecule has 0 bridgehead atoms. The Bertz CT molecular complexity index is 1030. The van der Waals surface area contributed by atoms with Gasteiger partial charge in [0.2, 0.25) is 0 Å². The molecule has 0 spiro atoms. The molecule has 3 aromatic heterocycles. The summed E-state index contributed by atoms with van der Waals surface area (Å²) in [6.07, 6.45) is 3.09.